The van der Waals surface area contributed by atoms with E-state index in [0.29, 0.717) is 24.2 Å². The van der Waals surface area contributed by atoms with Crippen LogP contribution in [0.4, 0.5) is 0 Å². The van der Waals surface area contributed by atoms with Gasteiger partial charge in [0.2, 0.25) is 5.91 Å². The van der Waals surface area contributed by atoms with Crippen molar-refractivity contribution in [2.75, 3.05) is 20.7 Å². The van der Waals surface area contributed by atoms with Gasteiger partial charge in [-0.15, -0.1) is 0 Å². The van der Waals surface area contributed by atoms with Gasteiger partial charge in [0.25, 0.3) is 0 Å². The van der Waals surface area contributed by atoms with Crippen LogP contribution in [0.2, 0.25) is 0 Å². The van der Waals surface area contributed by atoms with Crippen LogP contribution in [-0.4, -0.2) is 82.6 Å². The first-order chi connectivity index (χ1) is 20.0. The SMILES string of the molecule is CO[C@@]12CC[C@H](N[C@H](C(=O)O)C(NC(=O)CC(C)C)c3ccc(O)cc3)[C@@H]3Oc4c(O)ccc5c4C31CCN(C)C2C5. The molecule has 10 heteroatoms. The summed E-state index contributed by atoms with van der Waals surface area (Å²) in [6.45, 7) is 4.69. The number of hydrogen-bond donors (Lipinski definition) is 5. The van der Waals surface area contributed by atoms with Crippen molar-refractivity contribution >= 4 is 11.9 Å². The molecule has 0 aromatic heterocycles. The highest BCUT2D eigenvalue weighted by atomic mass is 16.5. The molecule has 2 fully saturated rings. The number of aliphatic carboxylic acids is 1. The van der Waals surface area contributed by atoms with Crippen LogP contribution in [0.1, 0.15) is 62.3 Å². The van der Waals surface area contributed by atoms with Gasteiger partial charge in [-0.05, 0) is 74.5 Å². The van der Waals surface area contributed by atoms with Crippen molar-refractivity contribution in [3.05, 3.63) is 53.1 Å². The van der Waals surface area contributed by atoms with Crippen molar-refractivity contribution in [3.8, 4) is 17.2 Å². The van der Waals surface area contributed by atoms with Crippen LogP contribution < -0.4 is 15.4 Å². The van der Waals surface area contributed by atoms with Gasteiger partial charge < -0.3 is 35.0 Å². The smallest absolute Gasteiger partial charge is 0.323 e. The number of carbonyl (C=O) groups is 2. The largest absolute Gasteiger partial charge is 0.508 e. The molecule has 3 unspecified atom stereocenters. The van der Waals surface area contributed by atoms with E-state index in [4.69, 9.17) is 9.47 Å². The number of piperidine rings is 1. The van der Waals surface area contributed by atoms with E-state index in [0.717, 1.165) is 30.5 Å². The average Bonchev–Trinajstić information content (AvgIpc) is 3.30. The Balaban J connectivity index is 1.40. The summed E-state index contributed by atoms with van der Waals surface area (Å²) in [6, 6.07) is 7.54. The Labute approximate surface area is 246 Å². The van der Waals surface area contributed by atoms with E-state index in [-0.39, 0.29) is 35.8 Å². The molecular weight excluding hydrogens is 538 g/mol. The zero-order valence-electron chi connectivity index (χ0n) is 24.6. The van der Waals surface area contributed by atoms with E-state index in [1.165, 1.54) is 12.1 Å². The van der Waals surface area contributed by atoms with Crippen molar-refractivity contribution in [2.24, 2.45) is 5.92 Å². The van der Waals surface area contributed by atoms with Crippen LogP contribution in [0.5, 0.6) is 17.2 Å². The molecule has 226 valence electrons. The summed E-state index contributed by atoms with van der Waals surface area (Å²) in [4.78, 5) is 28.3. The molecule has 2 heterocycles. The molecule has 0 radical (unpaired) electrons. The maximum Gasteiger partial charge on any atom is 0.323 e. The topological polar surface area (TPSA) is 141 Å². The van der Waals surface area contributed by atoms with E-state index < -0.39 is 41.2 Å². The number of carbonyl (C=O) groups excluding carboxylic acids is 1. The molecule has 1 saturated heterocycles. The number of amides is 1. The Morgan fingerprint density at radius 1 is 1.14 bits per heavy atom. The standard InChI is InChI=1S/C32H41N3O7/c1-17(2)15-24(38)34-26(18-5-8-20(36)9-6-18)27(30(39)40)33-21-11-12-32(41-4)23-16-19-7-10-22(37)28-25(19)31(32,29(21)42-28)13-14-35(23)3/h5-10,17,21,23,26-27,29,33,36-37H,11-16H2,1-4H3,(H,34,38)(H,39,40)/t21-,23?,26?,27-,29-,31?,32+/m0/s1. The van der Waals surface area contributed by atoms with E-state index >= 15 is 0 Å². The first-order valence-electron chi connectivity index (χ1n) is 14.9. The third-order valence-electron chi connectivity index (χ3n) is 10.2. The first kappa shape index (κ1) is 28.8. The zero-order chi connectivity index (χ0) is 30.0. The molecule has 10 nitrogen and oxygen atoms in total. The van der Waals surface area contributed by atoms with Crippen LogP contribution in [0.3, 0.4) is 0 Å². The first-order valence-corrected chi connectivity index (χ1v) is 14.9. The lowest BCUT2D eigenvalue weighted by Gasteiger charge is -2.65. The Morgan fingerprint density at radius 3 is 2.55 bits per heavy atom. The lowest BCUT2D eigenvalue weighted by atomic mass is 9.48. The number of rotatable bonds is 9. The van der Waals surface area contributed by atoms with Crippen LogP contribution >= 0.6 is 0 Å². The number of likely N-dealkylation sites (N-methyl/N-ethyl adjacent to an activating group) is 1. The minimum Gasteiger partial charge on any atom is -0.508 e. The molecule has 4 aliphatic rings. The lowest BCUT2D eigenvalue weighted by Crippen LogP contribution is -2.78. The number of nitrogens with one attached hydrogen (secondary N) is 2. The number of benzene rings is 2. The molecule has 7 atom stereocenters. The molecule has 2 aliphatic heterocycles. The number of likely N-dealkylation sites (tertiary alicyclic amines) is 1. The molecule has 2 aliphatic carbocycles. The Hall–Kier alpha value is -3.34. The number of hydrogen-bond acceptors (Lipinski definition) is 8. The Bertz CT molecular complexity index is 1380. The normalized spacial score (nSPS) is 30.7. The molecular formula is C32H41N3O7. The number of methoxy groups -OCH3 is 1. The second kappa shape index (κ2) is 10.4. The van der Waals surface area contributed by atoms with Gasteiger partial charge in [0, 0.05) is 31.2 Å². The molecule has 5 N–H and O–H groups in total. The Kier molecular flexibility index (Phi) is 7.14. The molecule has 2 aromatic carbocycles. The summed E-state index contributed by atoms with van der Waals surface area (Å²) in [5, 5.41) is 37.8. The molecule has 1 spiro atoms. The van der Waals surface area contributed by atoms with E-state index in [9.17, 15) is 24.9 Å². The third kappa shape index (κ3) is 4.18. The lowest BCUT2D eigenvalue weighted by molar-refractivity contribution is -0.204. The average molecular weight is 580 g/mol. The fourth-order valence-corrected chi connectivity index (χ4v) is 8.50. The number of phenolic OH excluding ortho intramolecular Hbond substituents is 2. The van der Waals surface area contributed by atoms with Gasteiger partial charge in [-0.3, -0.25) is 14.9 Å². The second-order valence-electron chi connectivity index (χ2n) is 12.9. The summed E-state index contributed by atoms with van der Waals surface area (Å²) in [5.41, 5.74) is 1.56. The van der Waals surface area contributed by atoms with Gasteiger partial charge in [-0.25, -0.2) is 0 Å². The van der Waals surface area contributed by atoms with E-state index in [2.05, 4.69) is 22.6 Å². The van der Waals surface area contributed by atoms with Gasteiger partial charge in [0.1, 0.15) is 17.9 Å². The number of carboxylic acids is 1. The summed E-state index contributed by atoms with van der Waals surface area (Å²) in [5.74, 6) is -0.657. The zero-order valence-corrected chi connectivity index (χ0v) is 24.6. The van der Waals surface area contributed by atoms with Crippen molar-refractivity contribution < 1.29 is 34.4 Å². The second-order valence-corrected chi connectivity index (χ2v) is 12.9. The highest BCUT2D eigenvalue weighted by molar-refractivity contribution is 5.80. The fraction of sp³-hybridized carbons (Fsp3) is 0.562. The van der Waals surface area contributed by atoms with Crippen LogP contribution in [-0.2, 0) is 26.2 Å². The van der Waals surface area contributed by atoms with Crippen molar-refractivity contribution in [3.63, 3.8) is 0 Å². The minimum absolute atomic E-state index is 0.0509. The van der Waals surface area contributed by atoms with Crippen LogP contribution in [0, 0.1) is 5.92 Å². The molecule has 1 saturated carbocycles. The van der Waals surface area contributed by atoms with Crippen LogP contribution in [0.25, 0.3) is 0 Å². The van der Waals surface area contributed by atoms with Crippen molar-refractivity contribution in [2.45, 2.75) is 87.2 Å². The Morgan fingerprint density at radius 2 is 1.88 bits per heavy atom. The molecule has 42 heavy (non-hydrogen) atoms. The summed E-state index contributed by atoms with van der Waals surface area (Å²) in [7, 11) is 3.89. The predicted molar refractivity (Wildman–Crippen MR) is 155 cm³/mol. The maximum atomic E-state index is 13.0. The third-order valence-corrected chi connectivity index (χ3v) is 10.2. The van der Waals surface area contributed by atoms with E-state index in [1.807, 2.05) is 19.9 Å². The molecule has 2 aromatic rings. The number of phenols is 2. The number of ether oxygens (including phenoxy) is 2. The molecule has 1 amide bonds. The molecule has 2 bridgehead atoms. The van der Waals surface area contributed by atoms with Gasteiger partial charge in [-0.2, -0.15) is 0 Å². The van der Waals surface area contributed by atoms with Gasteiger partial charge in [0.05, 0.1) is 17.1 Å². The number of aromatic hydroxyl groups is 2. The fourth-order valence-electron chi connectivity index (χ4n) is 8.50. The summed E-state index contributed by atoms with van der Waals surface area (Å²) < 4.78 is 13.2. The monoisotopic (exact) mass is 579 g/mol. The van der Waals surface area contributed by atoms with Crippen LogP contribution in [0.15, 0.2) is 36.4 Å². The minimum atomic E-state index is -1.19. The van der Waals surface area contributed by atoms with Crippen molar-refractivity contribution in [1.29, 1.82) is 0 Å². The van der Waals surface area contributed by atoms with Gasteiger partial charge >= 0.3 is 5.97 Å². The van der Waals surface area contributed by atoms with Crippen molar-refractivity contribution in [1.82, 2.24) is 15.5 Å². The van der Waals surface area contributed by atoms with Gasteiger partial charge in [0.15, 0.2) is 11.5 Å². The maximum absolute atomic E-state index is 13.0. The number of carboxylic acid groups (broad SMARTS) is 1. The summed E-state index contributed by atoms with van der Waals surface area (Å²) in [6.07, 6.45) is 2.55. The predicted octanol–water partition coefficient (Wildman–Crippen LogP) is 2.85. The molecule has 6 rings (SSSR count). The van der Waals surface area contributed by atoms with E-state index in [1.54, 1.807) is 25.3 Å². The highest BCUT2D eigenvalue weighted by Crippen LogP contribution is 2.66. The highest BCUT2D eigenvalue weighted by Gasteiger charge is 2.73. The number of nitrogens with zero attached hydrogens (tertiary/aromatic N) is 1. The summed E-state index contributed by atoms with van der Waals surface area (Å²) >= 11 is 0. The van der Waals surface area contributed by atoms with Gasteiger partial charge in [-0.1, -0.05) is 32.0 Å². The quantitative estimate of drug-likeness (QED) is 0.303.